The fraction of sp³-hybridized carbons (Fsp3) is 0.520. The first-order valence-corrected chi connectivity index (χ1v) is 11.5. The summed E-state index contributed by atoms with van der Waals surface area (Å²) in [4.78, 5) is 8.89. The monoisotopic (exact) mass is 437 g/mol. The predicted octanol–water partition coefficient (Wildman–Crippen LogP) is 4.42. The van der Waals surface area contributed by atoms with Crippen LogP contribution in [0.15, 0.2) is 30.5 Å². The first-order chi connectivity index (χ1) is 15.5. The van der Waals surface area contributed by atoms with Gasteiger partial charge in [-0.3, -0.25) is 0 Å². The van der Waals surface area contributed by atoms with Gasteiger partial charge in [-0.05, 0) is 62.3 Å². The summed E-state index contributed by atoms with van der Waals surface area (Å²) < 4.78 is 12.6. The molecule has 4 heterocycles. The van der Waals surface area contributed by atoms with Gasteiger partial charge in [0.2, 0.25) is 0 Å². The van der Waals surface area contributed by atoms with Gasteiger partial charge in [-0.25, -0.2) is 9.50 Å². The molecule has 0 spiro atoms. The van der Waals surface area contributed by atoms with Crippen LogP contribution in [0.5, 0.6) is 5.88 Å². The van der Waals surface area contributed by atoms with Crippen molar-refractivity contribution < 1.29 is 9.47 Å². The molecule has 5 rings (SSSR count). The molecule has 0 aromatic carbocycles. The fourth-order valence-electron chi connectivity index (χ4n) is 4.08. The quantitative estimate of drug-likeness (QED) is 0.569. The second-order valence-corrected chi connectivity index (χ2v) is 8.96. The minimum absolute atomic E-state index is 0.668. The lowest BCUT2D eigenvalue weighted by Crippen LogP contribution is -2.20. The van der Waals surface area contributed by atoms with Gasteiger partial charge in [0, 0.05) is 52.7 Å². The van der Waals surface area contributed by atoms with Gasteiger partial charge in [0.05, 0.1) is 18.3 Å². The molecule has 0 radical (unpaired) electrons. The van der Waals surface area contributed by atoms with Gasteiger partial charge in [0.25, 0.3) is 5.88 Å². The van der Waals surface area contributed by atoms with E-state index in [2.05, 4.69) is 48.1 Å². The molecule has 0 bridgehead atoms. The third-order valence-corrected chi connectivity index (χ3v) is 6.06. The first kappa shape index (κ1) is 22.4. The Kier molecular flexibility index (Phi) is 6.84. The highest BCUT2D eigenvalue weighted by atomic mass is 16.5. The Labute approximate surface area is 190 Å². The van der Waals surface area contributed by atoms with Crippen LogP contribution in [-0.4, -0.2) is 62.6 Å². The van der Waals surface area contributed by atoms with E-state index in [-0.39, 0.29) is 0 Å². The van der Waals surface area contributed by atoms with Crippen LogP contribution >= 0.6 is 0 Å². The normalized spacial score (nSPS) is 15.4. The molecular weight excluding hydrogens is 402 g/mol. The number of anilines is 2. The summed E-state index contributed by atoms with van der Waals surface area (Å²) in [5, 5.41) is 4.77. The van der Waals surface area contributed by atoms with Crippen molar-refractivity contribution in [1.82, 2.24) is 14.6 Å². The van der Waals surface area contributed by atoms with Crippen LogP contribution in [-0.2, 0) is 4.74 Å². The minimum atomic E-state index is 0.668. The molecule has 0 unspecified atom stereocenters. The van der Waals surface area contributed by atoms with Crippen LogP contribution in [0.2, 0.25) is 0 Å². The average Bonchev–Trinajstić information content (AvgIpc) is 3.26. The maximum Gasteiger partial charge on any atom is 0.257 e. The summed E-state index contributed by atoms with van der Waals surface area (Å²) in [6.45, 7) is 5.16. The second kappa shape index (κ2) is 9.77. The van der Waals surface area contributed by atoms with Crippen molar-refractivity contribution in [2.24, 2.45) is 5.92 Å². The van der Waals surface area contributed by atoms with E-state index in [4.69, 9.17) is 14.6 Å². The number of rotatable bonds is 6. The number of hydrogen-bond donors (Lipinski definition) is 0. The molecule has 0 amide bonds. The molecule has 0 atom stereocenters. The maximum atomic E-state index is 5.63. The van der Waals surface area contributed by atoms with E-state index in [1.807, 2.05) is 29.7 Å². The van der Waals surface area contributed by atoms with Crippen molar-refractivity contribution in [3.8, 4) is 17.1 Å². The van der Waals surface area contributed by atoms with Crippen molar-refractivity contribution in [2.45, 2.75) is 32.6 Å². The second-order valence-electron chi connectivity index (χ2n) is 8.96. The van der Waals surface area contributed by atoms with Gasteiger partial charge in [-0.15, -0.1) is 5.10 Å². The highest BCUT2D eigenvalue weighted by molar-refractivity contribution is 5.81. The van der Waals surface area contributed by atoms with E-state index in [1.165, 1.54) is 31.2 Å². The molecule has 7 heteroatoms. The minimum Gasteiger partial charge on any atom is -0.478 e. The Morgan fingerprint density at radius 1 is 1.16 bits per heavy atom. The Morgan fingerprint density at radius 3 is 2.47 bits per heavy atom. The molecule has 2 aliphatic rings. The highest BCUT2D eigenvalue weighted by Crippen LogP contribution is 2.38. The summed E-state index contributed by atoms with van der Waals surface area (Å²) in [5.41, 5.74) is 5.38. The first-order valence-electron chi connectivity index (χ1n) is 11.5. The van der Waals surface area contributed by atoms with Gasteiger partial charge in [0.15, 0.2) is 0 Å². The van der Waals surface area contributed by atoms with Crippen molar-refractivity contribution in [2.75, 3.05) is 57.8 Å². The molecule has 1 aliphatic carbocycles. The van der Waals surface area contributed by atoms with Crippen LogP contribution in [0, 0.1) is 12.8 Å². The molecule has 3 aromatic rings. The summed E-state index contributed by atoms with van der Waals surface area (Å²) in [7, 11) is 7.82. The molecule has 7 nitrogen and oxygen atoms in total. The number of ether oxygens (including phenoxy) is 2. The van der Waals surface area contributed by atoms with Crippen molar-refractivity contribution in [1.29, 1.82) is 0 Å². The lowest BCUT2D eigenvalue weighted by atomic mass is 10.1. The zero-order valence-electron chi connectivity index (χ0n) is 20.0. The van der Waals surface area contributed by atoms with E-state index in [0.717, 1.165) is 54.0 Å². The molecule has 1 saturated heterocycles. The predicted molar refractivity (Wildman–Crippen MR) is 130 cm³/mol. The molecule has 172 valence electrons. The van der Waals surface area contributed by atoms with E-state index >= 15 is 0 Å². The summed E-state index contributed by atoms with van der Waals surface area (Å²) >= 11 is 0. The van der Waals surface area contributed by atoms with Gasteiger partial charge in [-0.2, -0.15) is 0 Å². The number of nitrogens with zero attached hydrogens (tertiary/aromatic N) is 5. The largest absolute Gasteiger partial charge is 0.478 e. The number of pyridine rings is 2. The molecule has 3 aromatic heterocycles. The molecule has 1 saturated carbocycles. The Morgan fingerprint density at radius 2 is 1.91 bits per heavy atom. The molecular formula is C25H35N5O2. The van der Waals surface area contributed by atoms with Crippen LogP contribution in [0.3, 0.4) is 0 Å². The van der Waals surface area contributed by atoms with Gasteiger partial charge < -0.3 is 19.3 Å². The zero-order chi connectivity index (χ0) is 22.7. The number of aryl methyl sites for hydroxylation is 1. The third-order valence-electron chi connectivity index (χ3n) is 6.06. The summed E-state index contributed by atoms with van der Waals surface area (Å²) in [6.07, 6.45) is 7.13. The average molecular weight is 438 g/mol. The molecule has 0 N–H and O–H groups in total. The van der Waals surface area contributed by atoms with Crippen LogP contribution in [0.1, 0.15) is 31.2 Å². The third kappa shape index (κ3) is 4.83. The fourth-order valence-corrected chi connectivity index (χ4v) is 4.08. The molecule has 1 aliphatic heterocycles. The van der Waals surface area contributed by atoms with Crippen molar-refractivity contribution in [3.05, 3.63) is 36.0 Å². The molecule has 2 fully saturated rings. The van der Waals surface area contributed by atoms with Crippen LogP contribution < -0.4 is 14.5 Å². The van der Waals surface area contributed by atoms with Gasteiger partial charge in [0.1, 0.15) is 11.5 Å². The van der Waals surface area contributed by atoms with Crippen LogP contribution in [0.25, 0.3) is 16.8 Å². The summed E-state index contributed by atoms with van der Waals surface area (Å²) in [6, 6.07) is 8.38. The van der Waals surface area contributed by atoms with E-state index in [0.29, 0.717) is 5.88 Å². The topological polar surface area (TPSA) is 55.1 Å². The smallest absolute Gasteiger partial charge is 0.257 e. The molecule has 32 heavy (non-hydrogen) atoms. The van der Waals surface area contributed by atoms with Crippen molar-refractivity contribution >= 4 is 17.0 Å². The number of methoxy groups -OCH3 is 1. The van der Waals surface area contributed by atoms with Crippen molar-refractivity contribution in [3.63, 3.8) is 0 Å². The maximum absolute atomic E-state index is 5.63. The standard InChI is InChI=1S/C21H27N5O.C4H8O/c1-14-11-19(24(2)3)22-12-16(14)17-7-6-8-18-20(21(27-5)23-26(17)18)25(4)13-15-9-10-15;1-2-4-5-3-1/h6-8,11-12,15H,9-10,13H2,1-5H3;1-4H2. The Bertz CT molecular complexity index is 1050. The van der Waals surface area contributed by atoms with Gasteiger partial charge in [-0.1, -0.05) is 6.07 Å². The Hall–Kier alpha value is -2.80. The van der Waals surface area contributed by atoms with E-state index in [1.54, 1.807) is 7.11 Å². The van der Waals surface area contributed by atoms with Gasteiger partial charge >= 0.3 is 0 Å². The summed E-state index contributed by atoms with van der Waals surface area (Å²) in [5.74, 6) is 2.41. The number of aromatic nitrogens is 3. The lowest BCUT2D eigenvalue weighted by molar-refractivity contribution is 0.198. The SMILES string of the molecule is C1CCOC1.COc1nn2c(-c3cnc(N(C)C)cc3C)cccc2c1N(C)CC1CC1. The number of hydrogen-bond acceptors (Lipinski definition) is 6. The lowest BCUT2D eigenvalue weighted by Gasteiger charge is -2.18. The highest BCUT2D eigenvalue weighted by Gasteiger charge is 2.27. The van der Waals surface area contributed by atoms with Crippen LogP contribution in [0.4, 0.5) is 11.5 Å². The van der Waals surface area contributed by atoms with E-state index < -0.39 is 0 Å². The van der Waals surface area contributed by atoms with E-state index in [9.17, 15) is 0 Å². The Balaban J connectivity index is 0.000000433. The number of fused-ring (bicyclic) bond motifs is 1. The zero-order valence-corrected chi connectivity index (χ0v) is 20.0.